The van der Waals surface area contributed by atoms with E-state index in [-0.39, 0.29) is 11.1 Å². The molecule has 0 radical (unpaired) electrons. The first-order valence-corrected chi connectivity index (χ1v) is 5.66. The lowest BCUT2D eigenvalue weighted by Crippen LogP contribution is -1.98. The van der Waals surface area contributed by atoms with E-state index in [1.165, 1.54) is 6.07 Å². The zero-order valence-electron chi connectivity index (χ0n) is 9.51. The fourth-order valence-corrected chi connectivity index (χ4v) is 2.43. The van der Waals surface area contributed by atoms with Crippen molar-refractivity contribution in [3.05, 3.63) is 35.4 Å². The minimum Gasteiger partial charge on any atom is -0.507 e. The Balaban J connectivity index is 2.44. The quantitative estimate of drug-likeness (QED) is 0.423. The van der Waals surface area contributed by atoms with E-state index < -0.39 is 17.2 Å². The van der Waals surface area contributed by atoms with Crippen LogP contribution in [0.15, 0.2) is 24.3 Å². The molecule has 0 amide bonds. The lowest BCUT2D eigenvalue weighted by molar-refractivity contribution is 0.370. The molecular formula is C14H12O4. The molecule has 18 heavy (non-hydrogen) atoms. The molecular weight excluding hydrogens is 232 g/mol. The van der Waals surface area contributed by atoms with E-state index in [1.54, 1.807) is 0 Å². The van der Waals surface area contributed by atoms with Gasteiger partial charge in [0.25, 0.3) is 0 Å². The molecule has 3 rings (SSSR count). The van der Waals surface area contributed by atoms with Crippen molar-refractivity contribution < 1.29 is 20.4 Å². The van der Waals surface area contributed by atoms with Crippen LogP contribution < -0.4 is 0 Å². The van der Waals surface area contributed by atoms with Crippen LogP contribution in [0.2, 0.25) is 0 Å². The fourth-order valence-electron chi connectivity index (χ4n) is 2.43. The second-order valence-corrected chi connectivity index (χ2v) is 4.43. The zero-order valence-corrected chi connectivity index (χ0v) is 9.51. The third-order valence-electron chi connectivity index (χ3n) is 3.35. The van der Waals surface area contributed by atoms with Gasteiger partial charge in [0, 0.05) is 5.56 Å². The molecule has 0 heterocycles. The van der Waals surface area contributed by atoms with Crippen LogP contribution in [0.4, 0.5) is 0 Å². The summed E-state index contributed by atoms with van der Waals surface area (Å²) in [5, 5.41) is 39.7. The average Bonchev–Trinajstić information content (AvgIpc) is 2.36. The Kier molecular flexibility index (Phi) is 2.13. The molecule has 0 fully saturated rings. The Bertz CT molecular complexity index is 686. The van der Waals surface area contributed by atoms with E-state index in [2.05, 4.69) is 0 Å². The molecule has 92 valence electrons. The van der Waals surface area contributed by atoms with Gasteiger partial charge in [-0.15, -0.1) is 0 Å². The molecule has 0 aromatic heterocycles. The largest absolute Gasteiger partial charge is 0.507 e. The smallest absolute Gasteiger partial charge is 0.201 e. The van der Waals surface area contributed by atoms with Gasteiger partial charge in [-0.2, -0.15) is 0 Å². The molecule has 4 heteroatoms. The predicted molar refractivity (Wildman–Crippen MR) is 67.2 cm³/mol. The van der Waals surface area contributed by atoms with E-state index in [4.69, 9.17) is 0 Å². The molecule has 2 aromatic carbocycles. The highest BCUT2D eigenvalue weighted by Gasteiger charge is 2.19. The molecule has 0 atom stereocenters. The summed E-state index contributed by atoms with van der Waals surface area (Å²) in [5.74, 6) is -1.52. The Morgan fingerprint density at radius 1 is 0.778 bits per heavy atom. The normalized spacial score (nSPS) is 13.8. The van der Waals surface area contributed by atoms with Gasteiger partial charge in [-0.05, 0) is 29.9 Å². The van der Waals surface area contributed by atoms with Crippen LogP contribution in [0.5, 0.6) is 23.0 Å². The summed E-state index contributed by atoms with van der Waals surface area (Å²) >= 11 is 0. The Hall–Kier alpha value is -2.36. The van der Waals surface area contributed by atoms with E-state index in [0.717, 1.165) is 11.1 Å². The number of rotatable bonds is 0. The van der Waals surface area contributed by atoms with Crippen molar-refractivity contribution in [1.29, 1.82) is 0 Å². The first kappa shape index (κ1) is 10.8. The van der Waals surface area contributed by atoms with E-state index in [0.29, 0.717) is 18.2 Å². The monoisotopic (exact) mass is 244 g/mol. The molecule has 4 nitrogen and oxygen atoms in total. The van der Waals surface area contributed by atoms with Crippen molar-refractivity contribution in [2.75, 3.05) is 0 Å². The minimum atomic E-state index is -0.607. The number of phenols is 4. The van der Waals surface area contributed by atoms with Crippen LogP contribution in [0.1, 0.15) is 11.1 Å². The molecule has 1 aliphatic rings. The van der Waals surface area contributed by atoms with Gasteiger partial charge in [0.2, 0.25) is 5.75 Å². The number of phenolic OH excluding ortho intramolecular Hbond substituents is 4. The number of benzene rings is 2. The van der Waals surface area contributed by atoms with Crippen molar-refractivity contribution in [1.82, 2.24) is 0 Å². The highest BCUT2D eigenvalue weighted by molar-refractivity contribution is 5.98. The minimum absolute atomic E-state index is 0.0281. The summed E-state index contributed by atoms with van der Waals surface area (Å²) in [5.41, 5.74) is 1.72. The van der Waals surface area contributed by atoms with Crippen LogP contribution in [0.3, 0.4) is 0 Å². The second kappa shape index (κ2) is 3.57. The van der Waals surface area contributed by atoms with E-state index >= 15 is 0 Å². The van der Waals surface area contributed by atoms with Gasteiger partial charge in [0.1, 0.15) is 5.75 Å². The molecule has 0 bridgehead atoms. The average molecular weight is 244 g/mol. The second-order valence-electron chi connectivity index (χ2n) is 4.43. The number of allylic oxidation sites excluding steroid dienone is 2. The maximum atomic E-state index is 10.2. The van der Waals surface area contributed by atoms with E-state index in [9.17, 15) is 20.4 Å². The standard InChI is InChI=1S/C14H12O4/c15-10-6-8-5-7-3-1-2-4-9(7)12(16)11(8)14(18)13(10)17/h1-2,5-6,15-18H,3-4H2. The molecule has 2 aromatic rings. The molecule has 0 spiro atoms. The van der Waals surface area contributed by atoms with Gasteiger partial charge in [-0.1, -0.05) is 18.2 Å². The Morgan fingerprint density at radius 3 is 2.28 bits per heavy atom. The summed E-state index contributed by atoms with van der Waals surface area (Å²) in [6.07, 6.45) is 5.26. The van der Waals surface area contributed by atoms with Crippen molar-refractivity contribution in [3.63, 3.8) is 0 Å². The number of hydrogen-bond donors (Lipinski definition) is 4. The third kappa shape index (κ3) is 1.32. The first-order chi connectivity index (χ1) is 8.59. The first-order valence-electron chi connectivity index (χ1n) is 5.66. The van der Waals surface area contributed by atoms with Gasteiger partial charge in [-0.3, -0.25) is 0 Å². The third-order valence-corrected chi connectivity index (χ3v) is 3.35. The lowest BCUT2D eigenvalue weighted by Gasteiger charge is -2.16. The van der Waals surface area contributed by atoms with Crippen molar-refractivity contribution in [3.8, 4) is 23.0 Å². The maximum absolute atomic E-state index is 10.2. The van der Waals surface area contributed by atoms with Gasteiger partial charge in [0.05, 0.1) is 5.39 Å². The Morgan fingerprint density at radius 2 is 1.50 bits per heavy atom. The summed E-state index contributed by atoms with van der Waals surface area (Å²) in [6, 6.07) is 3.15. The van der Waals surface area contributed by atoms with Crippen LogP contribution in [0, 0.1) is 0 Å². The summed E-state index contributed by atoms with van der Waals surface area (Å²) in [6.45, 7) is 0. The summed E-state index contributed by atoms with van der Waals surface area (Å²) in [4.78, 5) is 0. The highest BCUT2D eigenvalue weighted by Crippen LogP contribution is 2.47. The fraction of sp³-hybridized carbons (Fsp3) is 0.143. The van der Waals surface area contributed by atoms with Crippen molar-refractivity contribution in [2.24, 2.45) is 0 Å². The van der Waals surface area contributed by atoms with Gasteiger partial charge >= 0.3 is 0 Å². The van der Waals surface area contributed by atoms with Crippen LogP contribution in [-0.4, -0.2) is 20.4 Å². The van der Waals surface area contributed by atoms with Gasteiger partial charge in [-0.25, -0.2) is 0 Å². The topological polar surface area (TPSA) is 80.9 Å². The Labute approximate surface area is 103 Å². The summed E-state index contributed by atoms with van der Waals surface area (Å²) < 4.78 is 0. The molecule has 0 saturated heterocycles. The van der Waals surface area contributed by atoms with Crippen LogP contribution >= 0.6 is 0 Å². The van der Waals surface area contributed by atoms with Gasteiger partial charge < -0.3 is 20.4 Å². The molecule has 4 N–H and O–H groups in total. The predicted octanol–water partition coefficient (Wildman–Crippen LogP) is 2.32. The number of aromatic hydroxyl groups is 4. The molecule has 1 aliphatic carbocycles. The van der Waals surface area contributed by atoms with E-state index in [1.807, 2.05) is 18.2 Å². The summed E-state index contributed by atoms with van der Waals surface area (Å²) in [7, 11) is 0. The van der Waals surface area contributed by atoms with Crippen LogP contribution in [-0.2, 0) is 12.8 Å². The number of fused-ring (bicyclic) bond motifs is 2. The highest BCUT2D eigenvalue weighted by atomic mass is 16.3. The molecule has 0 unspecified atom stereocenters. The molecule has 0 saturated carbocycles. The van der Waals surface area contributed by atoms with Crippen LogP contribution in [0.25, 0.3) is 10.8 Å². The zero-order chi connectivity index (χ0) is 12.9. The van der Waals surface area contributed by atoms with Crippen molar-refractivity contribution in [2.45, 2.75) is 12.8 Å². The van der Waals surface area contributed by atoms with Gasteiger partial charge in [0.15, 0.2) is 11.5 Å². The SMILES string of the molecule is Oc1cc2cc3c(c(O)c2c(O)c1O)CC=CC3. The van der Waals surface area contributed by atoms with Crippen molar-refractivity contribution >= 4 is 10.8 Å². The lowest BCUT2D eigenvalue weighted by atomic mass is 9.91. The molecule has 0 aliphatic heterocycles. The maximum Gasteiger partial charge on any atom is 0.201 e. The number of hydrogen-bond acceptors (Lipinski definition) is 4.